The molecule has 0 bridgehead atoms. The fraction of sp³-hybridized carbons (Fsp3) is 0.360. The predicted octanol–water partition coefficient (Wildman–Crippen LogP) is 3.88. The molecule has 0 radical (unpaired) electrons. The number of fused-ring (bicyclic) bond motifs is 1. The van der Waals surface area contributed by atoms with Gasteiger partial charge in [-0.1, -0.05) is 18.2 Å². The minimum atomic E-state index is 0.0818. The standard InChI is InChI=1S/C25H29N5OS/c26-20-7-9-21(10-8-20)32-30-13-3-4-19(18-30)25(31)29-16-14-28(15-17-29)24-11-12-27-23-6-2-1-5-22(23)24/h1-2,5-12,19H,3-4,13-18,26H2. The number of aromatic nitrogens is 1. The first kappa shape index (κ1) is 21.1. The molecule has 0 saturated carbocycles. The Hall–Kier alpha value is -2.77. The van der Waals surface area contributed by atoms with E-state index in [9.17, 15) is 4.79 Å². The fourth-order valence-corrected chi connectivity index (χ4v) is 5.72. The lowest BCUT2D eigenvalue weighted by atomic mass is 9.97. The Morgan fingerprint density at radius 3 is 2.56 bits per heavy atom. The Morgan fingerprint density at radius 2 is 1.75 bits per heavy atom. The van der Waals surface area contributed by atoms with E-state index in [4.69, 9.17) is 5.73 Å². The van der Waals surface area contributed by atoms with Gasteiger partial charge in [0.05, 0.1) is 11.4 Å². The molecular formula is C25H29N5OS. The minimum Gasteiger partial charge on any atom is -0.399 e. The molecule has 3 heterocycles. The first-order valence-electron chi connectivity index (χ1n) is 11.3. The van der Waals surface area contributed by atoms with Gasteiger partial charge in [0, 0.05) is 67.1 Å². The summed E-state index contributed by atoms with van der Waals surface area (Å²) in [5.74, 6) is 0.394. The molecule has 1 atom stereocenters. The van der Waals surface area contributed by atoms with E-state index in [2.05, 4.69) is 43.4 Å². The Labute approximate surface area is 193 Å². The van der Waals surface area contributed by atoms with Gasteiger partial charge in [0.25, 0.3) is 0 Å². The molecule has 2 N–H and O–H groups in total. The van der Waals surface area contributed by atoms with E-state index < -0.39 is 0 Å². The number of carbonyl (C=O) groups is 1. The molecular weight excluding hydrogens is 418 g/mol. The van der Waals surface area contributed by atoms with Crippen LogP contribution < -0.4 is 10.6 Å². The van der Waals surface area contributed by atoms with Crippen LogP contribution in [0.25, 0.3) is 10.9 Å². The predicted molar refractivity (Wildman–Crippen MR) is 132 cm³/mol. The second kappa shape index (κ2) is 9.38. The van der Waals surface area contributed by atoms with Gasteiger partial charge in [-0.2, -0.15) is 0 Å². The van der Waals surface area contributed by atoms with E-state index in [0.29, 0.717) is 5.91 Å². The van der Waals surface area contributed by atoms with Gasteiger partial charge in [0.2, 0.25) is 5.91 Å². The van der Waals surface area contributed by atoms with Crippen molar-refractivity contribution in [1.82, 2.24) is 14.2 Å². The van der Waals surface area contributed by atoms with Crippen molar-refractivity contribution in [1.29, 1.82) is 0 Å². The highest BCUT2D eigenvalue weighted by Crippen LogP contribution is 2.31. The highest BCUT2D eigenvalue weighted by Gasteiger charge is 2.31. The summed E-state index contributed by atoms with van der Waals surface area (Å²) >= 11 is 1.73. The topological polar surface area (TPSA) is 65.7 Å². The van der Waals surface area contributed by atoms with Crippen LogP contribution in [0, 0.1) is 5.92 Å². The largest absolute Gasteiger partial charge is 0.399 e. The lowest BCUT2D eigenvalue weighted by Gasteiger charge is -2.39. The number of rotatable bonds is 4. The Morgan fingerprint density at radius 1 is 0.969 bits per heavy atom. The normalized spacial score (nSPS) is 19.9. The molecule has 2 fully saturated rings. The van der Waals surface area contributed by atoms with Gasteiger partial charge in [0.1, 0.15) is 0 Å². The summed E-state index contributed by atoms with van der Waals surface area (Å²) in [6, 6.07) is 18.3. The monoisotopic (exact) mass is 447 g/mol. The number of para-hydroxylation sites is 1. The number of anilines is 2. The first-order chi connectivity index (χ1) is 15.7. The average molecular weight is 448 g/mol. The van der Waals surface area contributed by atoms with Crippen LogP contribution in [0.2, 0.25) is 0 Å². The van der Waals surface area contributed by atoms with Gasteiger partial charge in [-0.3, -0.25) is 9.78 Å². The Bertz CT molecular complexity index is 1080. The number of pyridine rings is 1. The van der Waals surface area contributed by atoms with Crippen LogP contribution in [0.1, 0.15) is 12.8 Å². The number of nitrogens with two attached hydrogens (primary N) is 1. The number of piperidine rings is 1. The number of benzene rings is 2. The molecule has 1 aromatic heterocycles. The molecule has 2 saturated heterocycles. The zero-order valence-corrected chi connectivity index (χ0v) is 19.0. The SMILES string of the molecule is Nc1ccc(SN2CCCC(C(=O)N3CCN(c4ccnc5ccccc45)CC3)C2)cc1. The first-order valence-corrected chi connectivity index (χ1v) is 12.1. The number of amides is 1. The molecule has 3 aromatic rings. The molecule has 2 aliphatic heterocycles. The van der Waals surface area contributed by atoms with Crippen molar-refractivity contribution in [3.05, 3.63) is 60.8 Å². The van der Waals surface area contributed by atoms with Crippen molar-refractivity contribution in [3.8, 4) is 0 Å². The quantitative estimate of drug-likeness (QED) is 0.484. The molecule has 2 aromatic carbocycles. The molecule has 32 heavy (non-hydrogen) atoms. The van der Waals surface area contributed by atoms with Gasteiger partial charge < -0.3 is 15.5 Å². The molecule has 1 unspecified atom stereocenters. The van der Waals surface area contributed by atoms with Gasteiger partial charge in [-0.25, -0.2) is 4.31 Å². The van der Waals surface area contributed by atoms with Crippen molar-refractivity contribution in [2.24, 2.45) is 5.92 Å². The third kappa shape index (κ3) is 4.54. The average Bonchev–Trinajstić information content (AvgIpc) is 2.85. The van der Waals surface area contributed by atoms with Crippen LogP contribution in [-0.2, 0) is 4.79 Å². The maximum atomic E-state index is 13.3. The van der Waals surface area contributed by atoms with E-state index >= 15 is 0 Å². The van der Waals surface area contributed by atoms with Gasteiger partial charge in [-0.15, -0.1) is 0 Å². The number of hydrogen-bond donors (Lipinski definition) is 1. The highest BCUT2D eigenvalue weighted by atomic mass is 32.2. The smallest absolute Gasteiger partial charge is 0.227 e. The van der Waals surface area contributed by atoms with Crippen LogP contribution in [0.15, 0.2) is 65.7 Å². The van der Waals surface area contributed by atoms with Crippen molar-refractivity contribution in [2.45, 2.75) is 17.7 Å². The lowest BCUT2D eigenvalue weighted by Crippen LogP contribution is -2.52. The second-order valence-electron chi connectivity index (χ2n) is 8.55. The summed E-state index contributed by atoms with van der Waals surface area (Å²) in [6.07, 6.45) is 3.92. The van der Waals surface area contributed by atoms with Crippen LogP contribution in [-0.4, -0.2) is 59.4 Å². The van der Waals surface area contributed by atoms with Gasteiger partial charge >= 0.3 is 0 Å². The fourth-order valence-electron chi connectivity index (χ4n) is 4.69. The summed E-state index contributed by atoms with van der Waals surface area (Å²) in [4.78, 5) is 23.4. The molecule has 1 amide bonds. The Balaban J connectivity index is 1.19. The van der Waals surface area contributed by atoms with E-state index in [1.807, 2.05) is 36.5 Å². The van der Waals surface area contributed by atoms with E-state index in [1.54, 1.807) is 11.9 Å². The van der Waals surface area contributed by atoms with E-state index in [-0.39, 0.29) is 5.92 Å². The summed E-state index contributed by atoms with van der Waals surface area (Å²) in [6.45, 7) is 5.09. The maximum Gasteiger partial charge on any atom is 0.227 e. The number of piperazine rings is 1. The van der Waals surface area contributed by atoms with Crippen LogP contribution in [0.5, 0.6) is 0 Å². The second-order valence-corrected chi connectivity index (χ2v) is 9.72. The van der Waals surface area contributed by atoms with Crippen LogP contribution >= 0.6 is 11.9 Å². The lowest BCUT2D eigenvalue weighted by molar-refractivity contribution is -0.136. The maximum absolute atomic E-state index is 13.3. The van der Waals surface area contributed by atoms with E-state index in [0.717, 1.165) is 63.3 Å². The minimum absolute atomic E-state index is 0.0818. The molecule has 6 nitrogen and oxygen atoms in total. The summed E-state index contributed by atoms with van der Waals surface area (Å²) in [7, 11) is 0. The van der Waals surface area contributed by atoms with Crippen molar-refractivity contribution in [3.63, 3.8) is 0 Å². The number of nitrogen functional groups attached to an aromatic ring is 1. The molecule has 0 aliphatic carbocycles. The number of carbonyl (C=O) groups excluding carboxylic acids is 1. The summed E-state index contributed by atoms with van der Waals surface area (Å²) < 4.78 is 2.33. The molecule has 7 heteroatoms. The highest BCUT2D eigenvalue weighted by molar-refractivity contribution is 7.97. The Kier molecular flexibility index (Phi) is 6.19. The molecule has 0 spiro atoms. The third-order valence-corrected chi connectivity index (χ3v) is 7.48. The summed E-state index contributed by atoms with van der Waals surface area (Å²) in [5.41, 5.74) is 8.81. The van der Waals surface area contributed by atoms with Crippen LogP contribution in [0.4, 0.5) is 11.4 Å². The number of nitrogens with zero attached hydrogens (tertiary/aromatic N) is 4. The van der Waals surface area contributed by atoms with Gasteiger partial charge in [0.15, 0.2) is 0 Å². The zero-order valence-electron chi connectivity index (χ0n) is 18.2. The van der Waals surface area contributed by atoms with Crippen molar-refractivity contribution >= 4 is 40.1 Å². The van der Waals surface area contributed by atoms with E-state index in [1.165, 1.54) is 16.0 Å². The van der Waals surface area contributed by atoms with Crippen molar-refractivity contribution in [2.75, 3.05) is 49.9 Å². The zero-order chi connectivity index (χ0) is 21.9. The van der Waals surface area contributed by atoms with Crippen molar-refractivity contribution < 1.29 is 4.79 Å². The molecule has 2 aliphatic rings. The summed E-state index contributed by atoms with van der Waals surface area (Å²) in [5, 5.41) is 1.18. The van der Waals surface area contributed by atoms with Crippen LogP contribution in [0.3, 0.4) is 0 Å². The molecule has 166 valence electrons. The number of hydrogen-bond acceptors (Lipinski definition) is 6. The van der Waals surface area contributed by atoms with Gasteiger partial charge in [-0.05, 0) is 61.2 Å². The molecule has 5 rings (SSSR count). The third-order valence-electron chi connectivity index (χ3n) is 6.41.